The first-order chi connectivity index (χ1) is 9.74. The maximum Gasteiger partial charge on any atom is 0.0572 e. The van der Waals surface area contributed by atoms with E-state index in [0.717, 1.165) is 6.54 Å². The summed E-state index contributed by atoms with van der Waals surface area (Å²) in [7, 11) is 0. The lowest BCUT2D eigenvalue weighted by molar-refractivity contribution is 0.119. The number of nitrogens with zero attached hydrogens (tertiary/aromatic N) is 2. The van der Waals surface area contributed by atoms with Crippen LogP contribution in [0.3, 0.4) is 0 Å². The minimum atomic E-state index is 0.595. The SMILES string of the molecule is Cc1ccsc1C(CN1CCCC1)N1CCNC(C)C1. The van der Waals surface area contributed by atoms with Crippen LogP contribution in [0.2, 0.25) is 0 Å². The summed E-state index contributed by atoms with van der Waals surface area (Å²) in [6.45, 7) is 11.9. The summed E-state index contributed by atoms with van der Waals surface area (Å²) in [6.07, 6.45) is 2.77. The molecule has 0 saturated carbocycles. The van der Waals surface area contributed by atoms with Crippen molar-refractivity contribution in [3.8, 4) is 0 Å². The van der Waals surface area contributed by atoms with Crippen molar-refractivity contribution in [1.82, 2.24) is 15.1 Å². The number of thiophene rings is 1. The second-order valence-electron chi connectivity index (χ2n) is 6.34. The van der Waals surface area contributed by atoms with Crippen LogP contribution in [0.1, 0.15) is 36.2 Å². The minimum absolute atomic E-state index is 0.595. The summed E-state index contributed by atoms with van der Waals surface area (Å²) < 4.78 is 0. The topological polar surface area (TPSA) is 18.5 Å². The van der Waals surface area contributed by atoms with E-state index >= 15 is 0 Å². The Kier molecular flexibility index (Phi) is 4.76. The second-order valence-corrected chi connectivity index (χ2v) is 7.29. The van der Waals surface area contributed by atoms with E-state index in [1.165, 1.54) is 51.1 Å². The van der Waals surface area contributed by atoms with Crippen molar-refractivity contribution in [3.05, 3.63) is 21.9 Å². The van der Waals surface area contributed by atoms with Gasteiger partial charge in [-0.15, -0.1) is 11.3 Å². The van der Waals surface area contributed by atoms with E-state index in [1.807, 2.05) is 11.3 Å². The van der Waals surface area contributed by atoms with Gasteiger partial charge in [0.05, 0.1) is 6.04 Å². The van der Waals surface area contributed by atoms with Crippen molar-refractivity contribution in [1.29, 1.82) is 0 Å². The number of nitrogens with one attached hydrogen (secondary N) is 1. The Morgan fingerprint density at radius 2 is 2.15 bits per heavy atom. The molecule has 4 heteroatoms. The van der Waals surface area contributed by atoms with Crippen molar-refractivity contribution in [2.45, 2.75) is 38.8 Å². The smallest absolute Gasteiger partial charge is 0.0572 e. The van der Waals surface area contributed by atoms with Gasteiger partial charge in [0.1, 0.15) is 0 Å². The first-order valence-corrected chi connectivity index (χ1v) is 8.86. The van der Waals surface area contributed by atoms with Gasteiger partial charge in [0.15, 0.2) is 0 Å². The van der Waals surface area contributed by atoms with Gasteiger partial charge in [-0.25, -0.2) is 0 Å². The summed E-state index contributed by atoms with van der Waals surface area (Å²) >= 11 is 1.95. The lowest BCUT2D eigenvalue weighted by Gasteiger charge is -2.39. The fourth-order valence-electron chi connectivity index (χ4n) is 3.55. The highest BCUT2D eigenvalue weighted by atomic mass is 32.1. The molecular weight excluding hydrogens is 266 g/mol. The molecule has 3 rings (SSSR count). The van der Waals surface area contributed by atoms with Crippen LogP contribution in [-0.4, -0.2) is 55.1 Å². The summed E-state index contributed by atoms with van der Waals surface area (Å²) in [5, 5.41) is 5.83. The molecule has 2 atom stereocenters. The van der Waals surface area contributed by atoms with Gasteiger partial charge in [-0.3, -0.25) is 4.90 Å². The third kappa shape index (κ3) is 3.25. The Morgan fingerprint density at radius 3 is 2.80 bits per heavy atom. The van der Waals surface area contributed by atoms with Crippen molar-refractivity contribution in [3.63, 3.8) is 0 Å². The predicted octanol–water partition coefficient (Wildman–Crippen LogP) is 2.49. The highest BCUT2D eigenvalue weighted by molar-refractivity contribution is 7.10. The number of piperazine rings is 1. The van der Waals surface area contributed by atoms with E-state index in [2.05, 4.69) is 40.4 Å². The van der Waals surface area contributed by atoms with Crippen LogP contribution in [0.5, 0.6) is 0 Å². The minimum Gasteiger partial charge on any atom is -0.312 e. The number of hydrogen-bond acceptors (Lipinski definition) is 4. The van der Waals surface area contributed by atoms with Gasteiger partial charge >= 0.3 is 0 Å². The van der Waals surface area contributed by atoms with Gasteiger partial charge in [0.2, 0.25) is 0 Å². The fraction of sp³-hybridized carbons (Fsp3) is 0.750. The zero-order valence-corrected chi connectivity index (χ0v) is 13.6. The summed E-state index contributed by atoms with van der Waals surface area (Å²) in [5.41, 5.74) is 1.48. The van der Waals surface area contributed by atoms with Gasteiger partial charge in [0, 0.05) is 37.1 Å². The number of hydrogen-bond donors (Lipinski definition) is 1. The Balaban J connectivity index is 1.77. The highest BCUT2D eigenvalue weighted by Crippen LogP contribution is 2.31. The molecule has 20 heavy (non-hydrogen) atoms. The number of likely N-dealkylation sites (tertiary alicyclic amines) is 1. The molecule has 1 N–H and O–H groups in total. The first kappa shape index (κ1) is 14.5. The molecule has 2 fully saturated rings. The average molecular weight is 293 g/mol. The van der Waals surface area contributed by atoms with Crippen molar-refractivity contribution in [2.75, 3.05) is 39.3 Å². The van der Waals surface area contributed by atoms with Gasteiger partial charge in [-0.1, -0.05) is 0 Å². The Morgan fingerprint density at radius 1 is 1.35 bits per heavy atom. The largest absolute Gasteiger partial charge is 0.312 e. The van der Waals surface area contributed by atoms with E-state index in [-0.39, 0.29) is 0 Å². The van der Waals surface area contributed by atoms with Crippen molar-refractivity contribution in [2.24, 2.45) is 0 Å². The molecule has 1 aromatic heterocycles. The maximum absolute atomic E-state index is 3.57. The maximum atomic E-state index is 3.57. The van der Waals surface area contributed by atoms with Crippen LogP contribution in [0.4, 0.5) is 0 Å². The van der Waals surface area contributed by atoms with E-state index in [9.17, 15) is 0 Å². The van der Waals surface area contributed by atoms with Crippen LogP contribution < -0.4 is 5.32 Å². The molecule has 3 heterocycles. The van der Waals surface area contributed by atoms with Gasteiger partial charge in [-0.2, -0.15) is 0 Å². The molecule has 2 aliphatic heterocycles. The normalized spacial score (nSPS) is 27.0. The van der Waals surface area contributed by atoms with Crippen LogP contribution in [0, 0.1) is 6.92 Å². The highest BCUT2D eigenvalue weighted by Gasteiger charge is 2.29. The molecule has 0 bridgehead atoms. The van der Waals surface area contributed by atoms with E-state index in [0.29, 0.717) is 12.1 Å². The molecular formula is C16H27N3S. The number of aryl methyl sites for hydroxylation is 1. The molecule has 0 spiro atoms. The van der Waals surface area contributed by atoms with Crippen LogP contribution in [-0.2, 0) is 0 Å². The summed E-state index contributed by atoms with van der Waals surface area (Å²) in [6, 6.07) is 3.49. The molecule has 112 valence electrons. The molecule has 0 amide bonds. The van der Waals surface area contributed by atoms with E-state index in [1.54, 1.807) is 4.88 Å². The average Bonchev–Trinajstić information content (AvgIpc) is 3.07. The molecule has 3 nitrogen and oxygen atoms in total. The Hall–Kier alpha value is -0.420. The fourth-order valence-corrected chi connectivity index (χ4v) is 4.60. The van der Waals surface area contributed by atoms with E-state index in [4.69, 9.17) is 0 Å². The molecule has 2 aliphatic rings. The van der Waals surface area contributed by atoms with Crippen LogP contribution in [0.25, 0.3) is 0 Å². The quantitative estimate of drug-likeness (QED) is 0.920. The third-order valence-corrected chi connectivity index (χ3v) is 5.80. The zero-order valence-electron chi connectivity index (χ0n) is 12.8. The van der Waals surface area contributed by atoms with Gasteiger partial charge < -0.3 is 10.2 Å². The monoisotopic (exact) mass is 293 g/mol. The summed E-state index contributed by atoms with van der Waals surface area (Å²) in [4.78, 5) is 6.96. The second kappa shape index (κ2) is 6.56. The standard InChI is InChI=1S/C16H27N3S/c1-13-5-10-20-16(13)15(12-18-7-3-4-8-18)19-9-6-17-14(2)11-19/h5,10,14-15,17H,3-4,6-9,11-12H2,1-2H3. The molecule has 2 unspecified atom stereocenters. The van der Waals surface area contributed by atoms with Crippen molar-refractivity contribution >= 4 is 11.3 Å². The van der Waals surface area contributed by atoms with Crippen LogP contribution in [0.15, 0.2) is 11.4 Å². The lowest BCUT2D eigenvalue weighted by atomic mass is 10.1. The van der Waals surface area contributed by atoms with Crippen LogP contribution >= 0.6 is 11.3 Å². The lowest BCUT2D eigenvalue weighted by Crippen LogP contribution is -2.52. The van der Waals surface area contributed by atoms with Crippen molar-refractivity contribution < 1.29 is 0 Å². The third-order valence-electron chi connectivity index (χ3n) is 4.68. The molecule has 0 radical (unpaired) electrons. The first-order valence-electron chi connectivity index (χ1n) is 7.98. The number of rotatable bonds is 4. The van der Waals surface area contributed by atoms with E-state index < -0.39 is 0 Å². The van der Waals surface area contributed by atoms with Gasteiger partial charge in [-0.05, 0) is 56.8 Å². The molecule has 1 aromatic rings. The molecule has 0 aromatic carbocycles. The predicted molar refractivity (Wildman–Crippen MR) is 86.5 cm³/mol. The summed E-state index contributed by atoms with van der Waals surface area (Å²) in [5.74, 6) is 0. The molecule has 0 aliphatic carbocycles. The Labute approximate surface area is 127 Å². The molecule has 2 saturated heterocycles. The Bertz CT molecular complexity index is 425. The van der Waals surface area contributed by atoms with Gasteiger partial charge in [0.25, 0.3) is 0 Å². The zero-order chi connectivity index (χ0) is 13.9.